The Balaban J connectivity index is 2.02. The highest BCUT2D eigenvalue weighted by molar-refractivity contribution is 7.92. The fourth-order valence-electron chi connectivity index (χ4n) is 2.96. The second kappa shape index (κ2) is 5.72. The van der Waals surface area contributed by atoms with Crippen molar-refractivity contribution in [2.45, 2.75) is 9.79 Å². The van der Waals surface area contributed by atoms with E-state index < -0.39 is 9.84 Å². The first-order chi connectivity index (χ1) is 12.0. The summed E-state index contributed by atoms with van der Waals surface area (Å²) in [4.78, 5) is 14.8. The maximum Gasteiger partial charge on any atom is 0.264 e. The molecule has 0 saturated carbocycles. The van der Waals surface area contributed by atoms with Crippen LogP contribution in [0.1, 0.15) is 10.4 Å². The predicted molar refractivity (Wildman–Crippen MR) is 96.3 cm³/mol. The highest BCUT2D eigenvalue weighted by Gasteiger charge is 2.37. The molecule has 0 atom stereocenters. The number of carbonyl (C=O) groups is 1. The van der Waals surface area contributed by atoms with Crippen molar-refractivity contribution in [3.8, 4) is 0 Å². The highest BCUT2D eigenvalue weighted by Crippen LogP contribution is 2.44. The molecule has 0 radical (unpaired) electrons. The average molecular weight is 370 g/mol. The Kier molecular flexibility index (Phi) is 3.63. The van der Waals surface area contributed by atoms with Gasteiger partial charge in [-0.25, -0.2) is 8.42 Å². The molecule has 4 nitrogen and oxygen atoms in total. The number of para-hydroxylation sites is 2. The molecule has 3 aromatic rings. The first-order valence-electron chi connectivity index (χ1n) is 7.54. The van der Waals surface area contributed by atoms with Gasteiger partial charge in [-0.15, -0.1) is 0 Å². The second-order valence-corrected chi connectivity index (χ2v) is 7.85. The number of fused-ring (bicyclic) bond motifs is 2. The van der Waals surface area contributed by atoms with Gasteiger partial charge in [0.25, 0.3) is 5.91 Å². The highest BCUT2D eigenvalue weighted by atomic mass is 35.5. The number of anilines is 2. The van der Waals surface area contributed by atoms with Gasteiger partial charge in [-0.3, -0.25) is 9.69 Å². The van der Waals surface area contributed by atoms with E-state index >= 15 is 0 Å². The number of carbonyl (C=O) groups excluding carboxylic acids is 1. The quantitative estimate of drug-likeness (QED) is 0.636. The normalized spacial score (nSPS) is 14.5. The number of rotatable bonds is 1. The maximum atomic E-state index is 13.2. The zero-order chi connectivity index (χ0) is 17.6. The van der Waals surface area contributed by atoms with Crippen molar-refractivity contribution < 1.29 is 13.2 Å². The Morgan fingerprint density at radius 2 is 1.24 bits per heavy atom. The lowest BCUT2D eigenvalue weighted by atomic mass is 10.1. The lowest BCUT2D eigenvalue weighted by molar-refractivity contribution is 0.0998. The first-order valence-corrected chi connectivity index (χ1v) is 9.40. The Hall–Kier alpha value is -2.63. The molecular weight excluding hydrogens is 358 g/mol. The van der Waals surface area contributed by atoms with Crippen LogP contribution in [0.15, 0.2) is 82.6 Å². The van der Waals surface area contributed by atoms with E-state index in [4.69, 9.17) is 11.6 Å². The third-order valence-electron chi connectivity index (χ3n) is 4.10. The van der Waals surface area contributed by atoms with Gasteiger partial charge in [0, 0.05) is 0 Å². The molecule has 0 unspecified atom stereocenters. The minimum atomic E-state index is -3.69. The molecule has 4 rings (SSSR count). The van der Waals surface area contributed by atoms with Gasteiger partial charge in [-0.1, -0.05) is 48.0 Å². The van der Waals surface area contributed by atoms with E-state index in [9.17, 15) is 13.2 Å². The van der Waals surface area contributed by atoms with Crippen LogP contribution < -0.4 is 4.90 Å². The van der Waals surface area contributed by atoms with Gasteiger partial charge in [0.2, 0.25) is 9.84 Å². The minimum Gasteiger partial charge on any atom is -0.274 e. The Bertz CT molecular complexity index is 1060. The Labute approximate surface area is 150 Å². The van der Waals surface area contributed by atoms with Crippen LogP contribution in [0, 0.1) is 0 Å². The molecule has 124 valence electrons. The van der Waals surface area contributed by atoms with Gasteiger partial charge in [-0.05, 0) is 36.4 Å². The van der Waals surface area contributed by atoms with E-state index in [1.54, 1.807) is 60.7 Å². The Morgan fingerprint density at radius 3 is 1.80 bits per heavy atom. The van der Waals surface area contributed by atoms with Crippen molar-refractivity contribution in [2.24, 2.45) is 0 Å². The number of nitrogens with zero attached hydrogens (tertiary/aromatic N) is 1. The van der Waals surface area contributed by atoms with Gasteiger partial charge in [0.15, 0.2) is 0 Å². The van der Waals surface area contributed by atoms with E-state index in [0.717, 1.165) is 0 Å². The third-order valence-corrected chi connectivity index (χ3v) is 6.28. The van der Waals surface area contributed by atoms with Crippen molar-refractivity contribution in [3.63, 3.8) is 0 Å². The maximum absolute atomic E-state index is 13.2. The molecule has 0 fully saturated rings. The number of benzene rings is 3. The van der Waals surface area contributed by atoms with Crippen LogP contribution in [-0.2, 0) is 9.84 Å². The number of amides is 1. The standard InChI is InChI=1S/C19H12ClNO3S/c20-14-8-2-1-7-13(14)19(22)21-15-9-3-5-11-17(15)25(23,24)18-12-6-4-10-16(18)21/h1-12H. The van der Waals surface area contributed by atoms with E-state index in [-0.39, 0.29) is 15.7 Å². The van der Waals surface area contributed by atoms with Gasteiger partial charge in [0.1, 0.15) is 0 Å². The largest absolute Gasteiger partial charge is 0.274 e. The summed E-state index contributed by atoms with van der Waals surface area (Å²) in [6.07, 6.45) is 0. The summed E-state index contributed by atoms with van der Waals surface area (Å²) in [5.41, 5.74) is 0.963. The molecule has 0 N–H and O–H groups in total. The van der Waals surface area contributed by atoms with Crippen molar-refractivity contribution >= 4 is 38.7 Å². The van der Waals surface area contributed by atoms with E-state index in [1.807, 2.05) is 0 Å². The lowest BCUT2D eigenvalue weighted by Gasteiger charge is -2.31. The van der Waals surface area contributed by atoms with Crippen LogP contribution in [0.2, 0.25) is 5.02 Å². The molecule has 0 aromatic heterocycles. The molecule has 0 spiro atoms. The zero-order valence-corrected chi connectivity index (χ0v) is 14.5. The SMILES string of the molecule is O=C(c1ccccc1Cl)N1c2ccccc2S(=O)(=O)c2ccccc21. The monoisotopic (exact) mass is 369 g/mol. The summed E-state index contributed by atoms with van der Waals surface area (Å²) in [7, 11) is -3.69. The van der Waals surface area contributed by atoms with Gasteiger partial charge >= 0.3 is 0 Å². The van der Waals surface area contributed by atoms with Gasteiger partial charge in [0.05, 0.1) is 31.8 Å². The Morgan fingerprint density at radius 1 is 0.760 bits per heavy atom. The minimum absolute atomic E-state index is 0.106. The zero-order valence-electron chi connectivity index (χ0n) is 12.9. The van der Waals surface area contributed by atoms with E-state index in [0.29, 0.717) is 22.0 Å². The molecule has 0 saturated heterocycles. The van der Waals surface area contributed by atoms with Gasteiger partial charge in [-0.2, -0.15) is 0 Å². The van der Waals surface area contributed by atoms with Crippen molar-refractivity contribution in [2.75, 3.05) is 4.90 Å². The summed E-state index contributed by atoms with van der Waals surface area (Å²) < 4.78 is 25.8. The molecule has 25 heavy (non-hydrogen) atoms. The number of halogens is 1. The topological polar surface area (TPSA) is 54.5 Å². The number of hydrogen-bond acceptors (Lipinski definition) is 3. The average Bonchev–Trinajstić information content (AvgIpc) is 2.62. The fourth-order valence-corrected chi connectivity index (χ4v) is 4.80. The van der Waals surface area contributed by atoms with Crippen LogP contribution in [0.5, 0.6) is 0 Å². The van der Waals surface area contributed by atoms with E-state index in [1.165, 1.54) is 17.0 Å². The smallest absolute Gasteiger partial charge is 0.264 e. The molecule has 0 aliphatic carbocycles. The lowest BCUT2D eigenvalue weighted by Crippen LogP contribution is -2.32. The van der Waals surface area contributed by atoms with Crippen molar-refractivity contribution in [1.29, 1.82) is 0 Å². The summed E-state index contributed by atoms with van der Waals surface area (Å²) in [6, 6.07) is 19.7. The number of hydrogen-bond donors (Lipinski definition) is 0. The van der Waals surface area contributed by atoms with Crippen LogP contribution in [0.25, 0.3) is 0 Å². The molecule has 3 aromatic carbocycles. The van der Waals surface area contributed by atoms with Crippen LogP contribution >= 0.6 is 11.6 Å². The molecule has 1 heterocycles. The summed E-state index contributed by atoms with van der Waals surface area (Å²) in [5.74, 6) is -0.375. The number of sulfone groups is 1. The van der Waals surface area contributed by atoms with Gasteiger partial charge < -0.3 is 0 Å². The van der Waals surface area contributed by atoms with Crippen molar-refractivity contribution in [1.82, 2.24) is 0 Å². The molecule has 1 aliphatic heterocycles. The van der Waals surface area contributed by atoms with Crippen LogP contribution in [0.4, 0.5) is 11.4 Å². The molecule has 1 amide bonds. The molecular formula is C19H12ClNO3S. The molecule has 1 aliphatic rings. The van der Waals surface area contributed by atoms with Crippen LogP contribution in [0.3, 0.4) is 0 Å². The fraction of sp³-hybridized carbons (Fsp3) is 0. The molecule has 0 bridgehead atoms. The predicted octanol–water partition coefficient (Wildman–Crippen LogP) is 4.46. The third kappa shape index (κ3) is 2.35. The second-order valence-electron chi connectivity index (χ2n) is 5.56. The summed E-state index contributed by atoms with van der Waals surface area (Å²) >= 11 is 6.18. The summed E-state index contributed by atoms with van der Waals surface area (Å²) in [5, 5.41) is 0.316. The van der Waals surface area contributed by atoms with Crippen molar-refractivity contribution in [3.05, 3.63) is 83.4 Å². The first kappa shape index (κ1) is 15.9. The van der Waals surface area contributed by atoms with Crippen LogP contribution in [-0.4, -0.2) is 14.3 Å². The van der Waals surface area contributed by atoms with E-state index in [2.05, 4.69) is 0 Å². The summed E-state index contributed by atoms with van der Waals surface area (Å²) in [6.45, 7) is 0. The molecule has 6 heteroatoms.